The van der Waals surface area contributed by atoms with Gasteiger partial charge in [-0.05, 0) is 35.9 Å². The van der Waals surface area contributed by atoms with Gasteiger partial charge in [-0.1, -0.05) is 12.1 Å². The van der Waals surface area contributed by atoms with E-state index in [9.17, 15) is 22.4 Å². The average molecular weight is 429 g/mol. The first-order valence-corrected chi connectivity index (χ1v) is 10.2. The van der Waals surface area contributed by atoms with E-state index >= 15 is 0 Å². The fourth-order valence-corrected chi connectivity index (χ4v) is 4.32. The number of benzene rings is 2. The Bertz CT molecular complexity index is 1450. The van der Waals surface area contributed by atoms with Crippen molar-refractivity contribution in [3.8, 4) is 0 Å². The molecular weight excluding hydrogens is 413 g/mol. The lowest BCUT2D eigenvalue weighted by Gasteiger charge is -2.19. The molecule has 0 fully saturated rings. The Labute approximate surface area is 169 Å². The van der Waals surface area contributed by atoms with Gasteiger partial charge in [-0.2, -0.15) is 4.72 Å². The van der Waals surface area contributed by atoms with Crippen molar-refractivity contribution < 1.29 is 12.8 Å². The van der Waals surface area contributed by atoms with E-state index in [1.807, 2.05) is 0 Å². The summed E-state index contributed by atoms with van der Waals surface area (Å²) >= 11 is 0. The number of hydrogen-bond donors (Lipinski definition) is 3. The largest absolute Gasteiger partial charge is 0.336 e. The molecule has 3 N–H and O–H groups in total. The molecule has 0 saturated heterocycles. The van der Waals surface area contributed by atoms with Crippen LogP contribution in [-0.2, 0) is 17.1 Å². The smallest absolute Gasteiger partial charge is 0.326 e. The quantitative estimate of drug-likeness (QED) is 0.438. The molecule has 4 aromatic rings. The van der Waals surface area contributed by atoms with Crippen molar-refractivity contribution in [3.63, 3.8) is 0 Å². The summed E-state index contributed by atoms with van der Waals surface area (Å²) in [6.07, 6.45) is 3.18. The van der Waals surface area contributed by atoms with Crippen LogP contribution in [-0.4, -0.2) is 27.9 Å². The molecule has 0 amide bonds. The van der Waals surface area contributed by atoms with E-state index in [0.717, 1.165) is 0 Å². The van der Waals surface area contributed by atoms with Gasteiger partial charge in [0.05, 0.1) is 15.8 Å². The van der Waals surface area contributed by atoms with Gasteiger partial charge in [0.25, 0.3) is 5.56 Å². The molecule has 1 atom stereocenters. The van der Waals surface area contributed by atoms with Gasteiger partial charge < -0.3 is 9.55 Å². The molecule has 0 spiro atoms. The Kier molecular flexibility index (Phi) is 4.84. The number of halogens is 1. The summed E-state index contributed by atoms with van der Waals surface area (Å²) in [6.45, 7) is 0. The van der Waals surface area contributed by atoms with Gasteiger partial charge in [0, 0.05) is 19.4 Å². The zero-order chi connectivity index (χ0) is 21.5. The van der Waals surface area contributed by atoms with Gasteiger partial charge >= 0.3 is 5.69 Å². The van der Waals surface area contributed by atoms with Crippen LogP contribution in [0.25, 0.3) is 10.9 Å². The third-order valence-electron chi connectivity index (χ3n) is 4.61. The van der Waals surface area contributed by atoms with E-state index in [4.69, 9.17) is 0 Å². The Morgan fingerprint density at radius 1 is 1.10 bits per heavy atom. The van der Waals surface area contributed by atoms with Gasteiger partial charge in [-0.15, -0.1) is 0 Å². The standard InChI is InChI=1S/C19H16FN5O4S/c1-25-9-8-21-17(25)16(11-2-4-12(20)5-3-11)24-30(28,29)13-6-7-15-14(10-13)18(26)23-19(27)22-15/h2-10,16,24H,1H3,(H2,22,23,26,27). The van der Waals surface area contributed by atoms with Crippen LogP contribution in [0.2, 0.25) is 0 Å². The lowest BCUT2D eigenvalue weighted by Crippen LogP contribution is -2.31. The molecule has 0 bridgehead atoms. The van der Waals surface area contributed by atoms with Crippen molar-refractivity contribution in [3.05, 3.63) is 92.9 Å². The highest BCUT2D eigenvalue weighted by atomic mass is 32.2. The van der Waals surface area contributed by atoms with Gasteiger partial charge in [-0.3, -0.25) is 9.78 Å². The van der Waals surface area contributed by atoms with Crippen molar-refractivity contribution in [1.29, 1.82) is 0 Å². The number of fused-ring (bicyclic) bond motifs is 1. The van der Waals surface area contributed by atoms with Crippen LogP contribution in [0.3, 0.4) is 0 Å². The van der Waals surface area contributed by atoms with Gasteiger partial charge in [0.15, 0.2) is 0 Å². The van der Waals surface area contributed by atoms with Crippen LogP contribution < -0.4 is 16.0 Å². The molecule has 2 heterocycles. The van der Waals surface area contributed by atoms with Gasteiger partial charge in [-0.25, -0.2) is 22.6 Å². The minimum absolute atomic E-state index is 0.0211. The van der Waals surface area contributed by atoms with E-state index in [1.54, 1.807) is 17.8 Å². The molecule has 0 aliphatic heterocycles. The lowest BCUT2D eigenvalue weighted by molar-refractivity contribution is 0.562. The molecule has 0 radical (unpaired) electrons. The van der Waals surface area contributed by atoms with E-state index in [-0.39, 0.29) is 15.8 Å². The van der Waals surface area contributed by atoms with Crippen LogP contribution in [0, 0.1) is 5.82 Å². The van der Waals surface area contributed by atoms with Crippen molar-refractivity contribution >= 4 is 20.9 Å². The zero-order valence-corrected chi connectivity index (χ0v) is 16.4. The van der Waals surface area contributed by atoms with Crippen molar-refractivity contribution in [2.45, 2.75) is 10.9 Å². The number of rotatable bonds is 5. The normalized spacial score (nSPS) is 12.9. The van der Waals surface area contributed by atoms with Crippen LogP contribution in [0.1, 0.15) is 17.4 Å². The third-order valence-corrected chi connectivity index (χ3v) is 6.03. The summed E-state index contributed by atoms with van der Waals surface area (Å²) in [6, 6.07) is 8.28. The average Bonchev–Trinajstić information content (AvgIpc) is 3.12. The van der Waals surface area contributed by atoms with Crippen LogP contribution in [0.15, 0.2) is 69.3 Å². The maximum Gasteiger partial charge on any atom is 0.326 e. The first-order valence-electron chi connectivity index (χ1n) is 8.76. The lowest BCUT2D eigenvalue weighted by atomic mass is 10.1. The molecule has 4 rings (SSSR count). The summed E-state index contributed by atoms with van der Waals surface area (Å²) in [5.41, 5.74) is -0.698. The Morgan fingerprint density at radius 3 is 2.50 bits per heavy atom. The zero-order valence-electron chi connectivity index (χ0n) is 15.6. The van der Waals surface area contributed by atoms with Crippen molar-refractivity contribution in [2.75, 3.05) is 0 Å². The highest BCUT2D eigenvalue weighted by molar-refractivity contribution is 7.89. The number of aromatic nitrogens is 4. The molecule has 0 saturated carbocycles. The van der Waals surface area contributed by atoms with Crippen molar-refractivity contribution in [1.82, 2.24) is 24.2 Å². The highest BCUT2D eigenvalue weighted by Crippen LogP contribution is 2.24. The molecular formula is C19H16FN5O4S. The molecule has 9 nitrogen and oxygen atoms in total. The number of H-pyrrole nitrogens is 2. The second-order valence-electron chi connectivity index (χ2n) is 6.62. The second-order valence-corrected chi connectivity index (χ2v) is 8.33. The molecule has 0 aliphatic carbocycles. The van der Waals surface area contributed by atoms with Gasteiger partial charge in [0.2, 0.25) is 10.0 Å². The van der Waals surface area contributed by atoms with Crippen LogP contribution >= 0.6 is 0 Å². The summed E-state index contributed by atoms with van der Waals surface area (Å²) in [7, 11) is -2.41. The molecule has 2 aromatic heterocycles. The minimum atomic E-state index is -4.12. The molecule has 11 heteroatoms. The first-order chi connectivity index (χ1) is 14.2. The molecule has 2 aromatic carbocycles. The topological polar surface area (TPSA) is 130 Å². The fourth-order valence-electron chi connectivity index (χ4n) is 3.11. The monoisotopic (exact) mass is 429 g/mol. The van der Waals surface area contributed by atoms with Crippen molar-refractivity contribution in [2.24, 2.45) is 7.05 Å². The molecule has 30 heavy (non-hydrogen) atoms. The van der Waals surface area contributed by atoms with E-state index in [1.165, 1.54) is 48.7 Å². The summed E-state index contributed by atoms with van der Waals surface area (Å²) < 4.78 is 43.8. The summed E-state index contributed by atoms with van der Waals surface area (Å²) in [4.78, 5) is 32.0. The number of sulfonamides is 1. The highest BCUT2D eigenvalue weighted by Gasteiger charge is 2.26. The maximum absolute atomic E-state index is 13.4. The number of nitrogens with zero attached hydrogens (tertiary/aromatic N) is 2. The number of aryl methyl sites for hydroxylation is 1. The third kappa shape index (κ3) is 3.67. The molecule has 1 unspecified atom stereocenters. The number of aromatic amines is 2. The minimum Gasteiger partial charge on any atom is -0.336 e. The molecule has 154 valence electrons. The van der Waals surface area contributed by atoms with E-state index in [0.29, 0.717) is 11.4 Å². The predicted octanol–water partition coefficient (Wildman–Crippen LogP) is 1.16. The van der Waals surface area contributed by atoms with Crippen LogP contribution in [0.4, 0.5) is 4.39 Å². The van der Waals surface area contributed by atoms with Gasteiger partial charge in [0.1, 0.15) is 17.7 Å². The Morgan fingerprint density at radius 2 is 1.83 bits per heavy atom. The van der Waals surface area contributed by atoms with E-state index < -0.39 is 33.1 Å². The Balaban J connectivity index is 1.80. The number of hydrogen-bond acceptors (Lipinski definition) is 5. The van der Waals surface area contributed by atoms with Crippen LogP contribution in [0.5, 0.6) is 0 Å². The maximum atomic E-state index is 13.4. The Hall–Kier alpha value is -3.57. The second kappa shape index (κ2) is 7.35. The summed E-state index contributed by atoms with van der Waals surface area (Å²) in [5.74, 6) is -0.0592. The first kappa shape index (κ1) is 19.7. The summed E-state index contributed by atoms with van der Waals surface area (Å²) in [5, 5.41) is 0.0211. The molecule has 0 aliphatic rings. The number of nitrogens with one attached hydrogen (secondary N) is 3. The predicted molar refractivity (Wildman–Crippen MR) is 107 cm³/mol. The fraction of sp³-hybridized carbons (Fsp3) is 0.105. The number of imidazole rings is 1. The SMILES string of the molecule is Cn1ccnc1C(NS(=O)(=O)c1ccc2[nH]c(=O)[nH]c(=O)c2c1)c1ccc(F)cc1. The van der Waals surface area contributed by atoms with E-state index in [2.05, 4.69) is 19.7 Å².